The fraction of sp³-hybridized carbons (Fsp3) is 0.444. The van der Waals surface area contributed by atoms with Gasteiger partial charge in [-0.3, -0.25) is 9.59 Å². The maximum Gasteiger partial charge on any atom is 0.251 e. The Hall–Kier alpha value is -2.90. The Morgan fingerprint density at radius 1 is 1.38 bits per heavy atom. The number of nitrogens with zero attached hydrogens (tertiary/aromatic N) is 3. The highest BCUT2D eigenvalue weighted by atomic mass is 16.5. The largest absolute Gasteiger partial charge is 0.485 e. The molecule has 2 amide bonds. The minimum atomic E-state index is -0.190. The standard InChI is InChI=1S/C18H22N4O4/c1-3-16-20-15(21-26-16)11-25-14-6-4-12(5-7-14)18(24)19-13-8-9-22(2)17(23)10-13/h4-7,13H,3,8-11H2,1-2H3,(H,19,24)/t13-/m0/s1. The minimum absolute atomic E-state index is 0.0537. The molecule has 1 aromatic carbocycles. The smallest absolute Gasteiger partial charge is 0.251 e. The molecule has 1 aliphatic rings. The normalized spacial score (nSPS) is 17.2. The van der Waals surface area contributed by atoms with Crippen molar-refractivity contribution in [3.05, 3.63) is 41.5 Å². The van der Waals surface area contributed by atoms with Gasteiger partial charge in [-0.2, -0.15) is 4.98 Å². The van der Waals surface area contributed by atoms with Gasteiger partial charge in [-0.05, 0) is 30.7 Å². The predicted molar refractivity (Wildman–Crippen MR) is 92.6 cm³/mol. The van der Waals surface area contributed by atoms with Crippen molar-refractivity contribution in [1.29, 1.82) is 0 Å². The van der Waals surface area contributed by atoms with Gasteiger partial charge in [0.25, 0.3) is 5.91 Å². The summed E-state index contributed by atoms with van der Waals surface area (Å²) in [5.74, 6) is 1.53. The first-order valence-electron chi connectivity index (χ1n) is 8.64. The number of hydrogen-bond donors (Lipinski definition) is 1. The molecule has 0 radical (unpaired) electrons. The Morgan fingerprint density at radius 2 is 2.15 bits per heavy atom. The number of aromatic nitrogens is 2. The van der Waals surface area contributed by atoms with Crippen molar-refractivity contribution in [1.82, 2.24) is 20.4 Å². The maximum atomic E-state index is 12.3. The Balaban J connectivity index is 1.51. The topological polar surface area (TPSA) is 97.6 Å². The second kappa shape index (κ2) is 7.99. The first-order valence-corrected chi connectivity index (χ1v) is 8.64. The van der Waals surface area contributed by atoms with E-state index in [0.717, 1.165) is 6.42 Å². The lowest BCUT2D eigenvalue weighted by molar-refractivity contribution is -0.132. The summed E-state index contributed by atoms with van der Waals surface area (Å²) in [4.78, 5) is 29.9. The minimum Gasteiger partial charge on any atom is -0.485 e. The average molecular weight is 358 g/mol. The number of amides is 2. The summed E-state index contributed by atoms with van der Waals surface area (Å²) in [6.07, 6.45) is 1.78. The molecule has 1 saturated heterocycles. The van der Waals surface area contributed by atoms with Crippen LogP contribution in [0, 0.1) is 0 Å². The Bertz CT molecular complexity index is 772. The molecule has 0 unspecified atom stereocenters. The van der Waals surface area contributed by atoms with Gasteiger partial charge in [0.1, 0.15) is 5.75 Å². The van der Waals surface area contributed by atoms with Gasteiger partial charge in [0, 0.05) is 38.0 Å². The molecule has 0 spiro atoms. The van der Waals surface area contributed by atoms with Crippen LogP contribution in [-0.2, 0) is 17.8 Å². The summed E-state index contributed by atoms with van der Waals surface area (Å²) in [5, 5.41) is 6.73. The average Bonchev–Trinajstić information content (AvgIpc) is 3.11. The quantitative estimate of drug-likeness (QED) is 0.842. The monoisotopic (exact) mass is 358 g/mol. The summed E-state index contributed by atoms with van der Waals surface area (Å²) in [6, 6.07) is 6.70. The van der Waals surface area contributed by atoms with E-state index in [4.69, 9.17) is 9.26 Å². The van der Waals surface area contributed by atoms with E-state index >= 15 is 0 Å². The molecular formula is C18H22N4O4. The van der Waals surface area contributed by atoms with Crippen LogP contribution in [0.3, 0.4) is 0 Å². The fourth-order valence-corrected chi connectivity index (χ4v) is 2.68. The highest BCUT2D eigenvalue weighted by molar-refractivity contribution is 5.94. The zero-order valence-electron chi connectivity index (χ0n) is 14.9. The van der Waals surface area contributed by atoms with Gasteiger partial charge in [0.05, 0.1) is 0 Å². The maximum absolute atomic E-state index is 12.3. The number of carbonyl (C=O) groups excluding carboxylic acids is 2. The van der Waals surface area contributed by atoms with Crippen LogP contribution in [0.25, 0.3) is 0 Å². The highest BCUT2D eigenvalue weighted by Crippen LogP contribution is 2.15. The van der Waals surface area contributed by atoms with Gasteiger partial charge in [-0.1, -0.05) is 12.1 Å². The van der Waals surface area contributed by atoms with Crippen molar-refractivity contribution in [3.8, 4) is 5.75 Å². The van der Waals surface area contributed by atoms with Crippen molar-refractivity contribution in [2.75, 3.05) is 13.6 Å². The van der Waals surface area contributed by atoms with E-state index in [1.807, 2.05) is 6.92 Å². The first-order chi connectivity index (χ1) is 12.5. The molecule has 8 heteroatoms. The number of benzene rings is 1. The zero-order valence-corrected chi connectivity index (χ0v) is 14.9. The third-order valence-electron chi connectivity index (χ3n) is 4.29. The Morgan fingerprint density at radius 3 is 2.81 bits per heavy atom. The highest BCUT2D eigenvalue weighted by Gasteiger charge is 2.24. The van der Waals surface area contributed by atoms with Crippen LogP contribution < -0.4 is 10.1 Å². The van der Waals surface area contributed by atoms with Gasteiger partial charge >= 0.3 is 0 Å². The van der Waals surface area contributed by atoms with E-state index in [9.17, 15) is 9.59 Å². The number of piperidine rings is 1. The lowest BCUT2D eigenvalue weighted by Crippen LogP contribution is -2.46. The lowest BCUT2D eigenvalue weighted by Gasteiger charge is -2.29. The van der Waals surface area contributed by atoms with Crippen molar-refractivity contribution in [2.24, 2.45) is 0 Å². The van der Waals surface area contributed by atoms with Gasteiger partial charge in [0.2, 0.25) is 17.6 Å². The lowest BCUT2D eigenvalue weighted by atomic mass is 10.0. The Labute approximate surface area is 151 Å². The number of rotatable bonds is 6. The molecule has 138 valence electrons. The predicted octanol–water partition coefficient (Wildman–Crippen LogP) is 1.56. The van der Waals surface area contributed by atoms with Gasteiger partial charge in [-0.15, -0.1) is 0 Å². The molecule has 1 aliphatic heterocycles. The van der Waals surface area contributed by atoms with Gasteiger partial charge in [-0.25, -0.2) is 0 Å². The first kappa shape index (κ1) is 17.9. The van der Waals surface area contributed by atoms with Crippen LogP contribution >= 0.6 is 0 Å². The van der Waals surface area contributed by atoms with Crippen molar-refractivity contribution >= 4 is 11.8 Å². The number of hydrogen-bond acceptors (Lipinski definition) is 6. The molecule has 2 heterocycles. The second-order valence-electron chi connectivity index (χ2n) is 6.25. The van der Waals surface area contributed by atoms with Crippen LogP contribution in [0.1, 0.15) is 41.8 Å². The molecule has 2 aromatic rings. The number of aryl methyl sites for hydroxylation is 1. The molecule has 1 fully saturated rings. The van der Waals surface area contributed by atoms with Gasteiger partial charge in [0.15, 0.2) is 6.61 Å². The number of likely N-dealkylation sites (tertiary alicyclic amines) is 1. The molecule has 0 aliphatic carbocycles. The van der Waals surface area contributed by atoms with Crippen LogP contribution in [-0.4, -0.2) is 46.5 Å². The summed E-state index contributed by atoms with van der Waals surface area (Å²) in [6.45, 7) is 2.79. The molecule has 3 rings (SSSR count). The fourth-order valence-electron chi connectivity index (χ4n) is 2.68. The summed E-state index contributed by atoms with van der Waals surface area (Å²) < 4.78 is 10.6. The van der Waals surface area contributed by atoms with E-state index in [0.29, 0.717) is 42.4 Å². The summed E-state index contributed by atoms with van der Waals surface area (Å²) in [7, 11) is 1.77. The number of ether oxygens (including phenoxy) is 1. The van der Waals surface area contributed by atoms with E-state index < -0.39 is 0 Å². The molecule has 1 N–H and O–H groups in total. The summed E-state index contributed by atoms with van der Waals surface area (Å²) in [5.41, 5.74) is 0.525. The van der Waals surface area contributed by atoms with Gasteiger partial charge < -0.3 is 19.5 Å². The molecule has 0 saturated carbocycles. The molecule has 26 heavy (non-hydrogen) atoms. The van der Waals surface area contributed by atoms with Crippen molar-refractivity contribution in [3.63, 3.8) is 0 Å². The zero-order chi connectivity index (χ0) is 18.5. The second-order valence-corrected chi connectivity index (χ2v) is 6.25. The molecule has 0 bridgehead atoms. The third-order valence-corrected chi connectivity index (χ3v) is 4.29. The molecular weight excluding hydrogens is 336 g/mol. The van der Waals surface area contributed by atoms with E-state index in [1.165, 1.54) is 0 Å². The van der Waals surface area contributed by atoms with Crippen molar-refractivity contribution in [2.45, 2.75) is 38.8 Å². The molecule has 8 nitrogen and oxygen atoms in total. The SMILES string of the molecule is CCc1nc(COc2ccc(C(=O)N[C@H]3CCN(C)C(=O)C3)cc2)no1. The number of nitrogens with one attached hydrogen (secondary N) is 1. The summed E-state index contributed by atoms with van der Waals surface area (Å²) >= 11 is 0. The van der Waals surface area contributed by atoms with Crippen LogP contribution in [0.15, 0.2) is 28.8 Å². The van der Waals surface area contributed by atoms with E-state index in [1.54, 1.807) is 36.2 Å². The van der Waals surface area contributed by atoms with Crippen LogP contribution in [0.5, 0.6) is 5.75 Å². The number of carbonyl (C=O) groups is 2. The van der Waals surface area contributed by atoms with Crippen LogP contribution in [0.4, 0.5) is 0 Å². The molecule has 1 aromatic heterocycles. The van der Waals surface area contributed by atoms with Crippen molar-refractivity contribution < 1.29 is 18.8 Å². The van der Waals surface area contributed by atoms with E-state index in [2.05, 4.69) is 15.5 Å². The van der Waals surface area contributed by atoms with Crippen LogP contribution in [0.2, 0.25) is 0 Å². The third kappa shape index (κ3) is 4.38. The molecule has 1 atom stereocenters. The Kier molecular flexibility index (Phi) is 5.50. The van der Waals surface area contributed by atoms with E-state index in [-0.39, 0.29) is 24.5 Å².